The van der Waals surface area contributed by atoms with E-state index < -0.39 is 11.9 Å². The molecule has 1 saturated heterocycles. The summed E-state index contributed by atoms with van der Waals surface area (Å²) in [5.74, 6) is -2.42. The van der Waals surface area contributed by atoms with Crippen LogP contribution in [-0.2, 0) is 19.2 Å². The van der Waals surface area contributed by atoms with Crippen molar-refractivity contribution < 1.29 is 24.3 Å². The van der Waals surface area contributed by atoms with Crippen molar-refractivity contribution in [1.82, 2.24) is 10.2 Å². The van der Waals surface area contributed by atoms with Crippen LogP contribution >= 0.6 is 0 Å². The quantitative estimate of drug-likeness (QED) is 0.519. The number of carboxylic acid groups (broad SMARTS) is 1. The molecule has 0 aromatic carbocycles. The van der Waals surface area contributed by atoms with E-state index in [0.717, 1.165) is 11.3 Å². The van der Waals surface area contributed by atoms with Gasteiger partial charge in [0.25, 0.3) is 0 Å². The first kappa shape index (κ1) is 13.8. The zero-order valence-corrected chi connectivity index (χ0v) is 11.3. The number of amides is 3. The monoisotopic (exact) mass is 292 g/mol. The molecule has 4 unspecified atom stereocenters. The van der Waals surface area contributed by atoms with Gasteiger partial charge in [-0.05, 0) is 18.3 Å². The van der Waals surface area contributed by atoms with Gasteiger partial charge in [0.2, 0.25) is 17.7 Å². The number of imide groups is 1. The Balaban J connectivity index is 1.60. The lowest BCUT2D eigenvalue weighted by Crippen LogP contribution is -2.42. The molecular formula is C14H16N2O5. The van der Waals surface area contributed by atoms with E-state index in [2.05, 4.69) is 5.32 Å². The van der Waals surface area contributed by atoms with Gasteiger partial charge in [-0.25, -0.2) is 0 Å². The molecule has 3 amide bonds. The molecule has 0 aromatic heterocycles. The number of likely N-dealkylation sites (tertiary alicyclic amines) is 1. The molecule has 4 atom stereocenters. The molecule has 1 heterocycles. The van der Waals surface area contributed by atoms with Gasteiger partial charge in [0.15, 0.2) is 0 Å². The Bertz CT molecular complexity index is 526. The highest BCUT2D eigenvalue weighted by atomic mass is 16.4. The molecule has 3 rings (SSSR count). The summed E-state index contributed by atoms with van der Waals surface area (Å²) >= 11 is 0. The largest absolute Gasteiger partial charge is 0.481 e. The Morgan fingerprint density at radius 3 is 2.29 bits per heavy atom. The predicted octanol–water partition coefficient (Wildman–Crippen LogP) is -0.616. The lowest BCUT2D eigenvalue weighted by molar-refractivity contribution is -0.144. The second-order valence-electron chi connectivity index (χ2n) is 5.76. The first-order chi connectivity index (χ1) is 9.99. The second-order valence-corrected chi connectivity index (χ2v) is 5.76. The number of carboxylic acids is 1. The van der Waals surface area contributed by atoms with Crippen molar-refractivity contribution in [2.24, 2.45) is 23.7 Å². The fraction of sp³-hybridized carbons (Fsp3) is 0.571. The van der Waals surface area contributed by atoms with Crippen LogP contribution < -0.4 is 5.32 Å². The number of rotatable bonds is 5. The number of allylic oxidation sites excluding steroid dienone is 2. The van der Waals surface area contributed by atoms with Crippen molar-refractivity contribution >= 4 is 23.7 Å². The molecule has 7 heteroatoms. The van der Waals surface area contributed by atoms with Crippen LogP contribution in [0.25, 0.3) is 0 Å². The summed E-state index contributed by atoms with van der Waals surface area (Å²) in [7, 11) is 0. The molecule has 112 valence electrons. The Morgan fingerprint density at radius 2 is 1.76 bits per heavy atom. The molecule has 0 aromatic rings. The minimum atomic E-state index is -1.01. The number of carbonyl (C=O) groups excluding carboxylic acids is 3. The van der Waals surface area contributed by atoms with E-state index in [0.29, 0.717) is 0 Å². The summed E-state index contributed by atoms with van der Waals surface area (Å²) in [6, 6.07) is 0. The maximum atomic E-state index is 12.3. The van der Waals surface area contributed by atoms with Gasteiger partial charge in [0.05, 0.1) is 18.3 Å². The molecule has 1 aliphatic heterocycles. The van der Waals surface area contributed by atoms with Crippen molar-refractivity contribution in [1.29, 1.82) is 0 Å². The van der Waals surface area contributed by atoms with Crippen molar-refractivity contribution in [2.45, 2.75) is 12.8 Å². The molecule has 0 radical (unpaired) electrons. The number of fused-ring (bicyclic) bond motifs is 5. The Kier molecular flexibility index (Phi) is 3.27. The summed E-state index contributed by atoms with van der Waals surface area (Å²) < 4.78 is 0. The number of nitrogens with zero attached hydrogens (tertiary/aromatic N) is 1. The number of carbonyl (C=O) groups is 4. The van der Waals surface area contributed by atoms with Crippen LogP contribution in [0.3, 0.4) is 0 Å². The fourth-order valence-corrected chi connectivity index (χ4v) is 3.63. The molecule has 7 nitrogen and oxygen atoms in total. The smallest absolute Gasteiger partial charge is 0.305 e. The maximum absolute atomic E-state index is 12.3. The normalized spacial score (nSPS) is 32.7. The summed E-state index contributed by atoms with van der Waals surface area (Å²) in [6.45, 7) is -0.326. The van der Waals surface area contributed by atoms with Crippen molar-refractivity contribution in [3.63, 3.8) is 0 Å². The highest BCUT2D eigenvalue weighted by Gasteiger charge is 2.59. The number of hydrogen-bond acceptors (Lipinski definition) is 4. The third kappa shape index (κ3) is 2.22. The van der Waals surface area contributed by atoms with Crippen LogP contribution in [0.2, 0.25) is 0 Å². The average molecular weight is 292 g/mol. The molecule has 0 spiro atoms. The molecule has 2 N–H and O–H groups in total. The number of nitrogens with one attached hydrogen (secondary N) is 1. The van der Waals surface area contributed by atoms with Crippen LogP contribution in [0.1, 0.15) is 12.8 Å². The summed E-state index contributed by atoms with van der Waals surface area (Å²) in [4.78, 5) is 47.7. The van der Waals surface area contributed by atoms with Gasteiger partial charge in [0, 0.05) is 6.54 Å². The topological polar surface area (TPSA) is 104 Å². The van der Waals surface area contributed by atoms with Gasteiger partial charge < -0.3 is 10.4 Å². The highest BCUT2D eigenvalue weighted by Crippen LogP contribution is 2.52. The van der Waals surface area contributed by atoms with E-state index in [1.807, 2.05) is 12.2 Å². The first-order valence-electron chi connectivity index (χ1n) is 7.01. The van der Waals surface area contributed by atoms with Gasteiger partial charge in [-0.2, -0.15) is 0 Å². The number of hydrogen-bond donors (Lipinski definition) is 2. The molecule has 1 saturated carbocycles. The van der Waals surface area contributed by atoms with E-state index in [1.54, 1.807) is 0 Å². The van der Waals surface area contributed by atoms with E-state index in [4.69, 9.17) is 5.11 Å². The average Bonchev–Trinajstić information content (AvgIpc) is 3.08. The minimum Gasteiger partial charge on any atom is -0.481 e. The van der Waals surface area contributed by atoms with Crippen LogP contribution in [0.15, 0.2) is 12.2 Å². The number of aliphatic carboxylic acids is 1. The maximum Gasteiger partial charge on any atom is 0.305 e. The van der Waals surface area contributed by atoms with Crippen LogP contribution in [0.4, 0.5) is 0 Å². The summed E-state index contributed by atoms with van der Waals surface area (Å²) in [5, 5.41) is 10.9. The van der Waals surface area contributed by atoms with Crippen LogP contribution in [-0.4, -0.2) is 46.8 Å². The third-order valence-electron chi connectivity index (χ3n) is 4.52. The Hall–Kier alpha value is -2.18. The van der Waals surface area contributed by atoms with Gasteiger partial charge >= 0.3 is 5.97 Å². The van der Waals surface area contributed by atoms with Gasteiger partial charge in [-0.3, -0.25) is 24.1 Å². The molecule has 2 fully saturated rings. The van der Waals surface area contributed by atoms with Crippen molar-refractivity contribution in [3.05, 3.63) is 12.2 Å². The zero-order valence-electron chi connectivity index (χ0n) is 11.3. The lowest BCUT2D eigenvalue weighted by Gasteiger charge is -2.16. The van der Waals surface area contributed by atoms with Crippen LogP contribution in [0.5, 0.6) is 0 Å². The predicted molar refractivity (Wildman–Crippen MR) is 69.7 cm³/mol. The third-order valence-corrected chi connectivity index (χ3v) is 4.52. The molecule has 2 aliphatic carbocycles. The lowest BCUT2D eigenvalue weighted by atomic mass is 9.85. The molecular weight excluding hydrogens is 276 g/mol. The Labute approximate surface area is 121 Å². The van der Waals surface area contributed by atoms with Crippen LogP contribution in [0, 0.1) is 23.7 Å². The first-order valence-corrected chi connectivity index (χ1v) is 7.01. The summed E-state index contributed by atoms with van der Waals surface area (Å²) in [5.41, 5.74) is 0. The van der Waals surface area contributed by atoms with E-state index in [9.17, 15) is 19.2 Å². The van der Waals surface area contributed by atoms with E-state index >= 15 is 0 Å². The molecule has 21 heavy (non-hydrogen) atoms. The Morgan fingerprint density at radius 1 is 1.19 bits per heavy atom. The van der Waals surface area contributed by atoms with E-state index in [1.165, 1.54) is 0 Å². The van der Waals surface area contributed by atoms with Gasteiger partial charge in [-0.15, -0.1) is 0 Å². The fourth-order valence-electron chi connectivity index (χ4n) is 3.63. The molecule has 3 aliphatic rings. The van der Waals surface area contributed by atoms with Gasteiger partial charge in [-0.1, -0.05) is 12.2 Å². The van der Waals surface area contributed by atoms with E-state index in [-0.39, 0.29) is 55.0 Å². The van der Waals surface area contributed by atoms with Crippen molar-refractivity contribution in [2.75, 3.05) is 13.1 Å². The minimum absolute atomic E-state index is 0.00987. The van der Waals surface area contributed by atoms with Gasteiger partial charge in [0.1, 0.15) is 6.54 Å². The van der Waals surface area contributed by atoms with Crippen molar-refractivity contribution in [3.8, 4) is 0 Å². The second kappa shape index (κ2) is 4.98. The highest BCUT2D eigenvalue weighted by molar-refractivity contribution is 6.08. The zero-order chi connectivity index (χ0) is 15.1. The summed E-state index contributed by atoms with van der Waals surface area (Å²) in [6.07, 6.45) is 4.65. The standard InChI is InChI=1S/C14H16N2O5/c17-9(15-4-3-10(18)19)6-16-13(20)11-7-1-2-8(5-7)12(11)14(16)21/h1-2,7-8,11-12H,3-6H2,(H,15,17)(H,18,19). The molecule has 2 bridgehead atoms. The SMILES string of the molecule is O=C(O)CCNC(=O)CN1C(=O)C2C3C=CC(C3)C2C1=O.